The Balaban J connectivity index is 1.64. The molecule has 3 N–H and O–H groups in total. The molecule has 3 saturated carbocycles. The predicted molar refractivity (Wildman–Crippen MR) is 104 cm³/mol. The zero-order valence-electron chi connectivity index (χ0n) is 17.5. The van der Waals surface area contributed by atoms with Crippen molar-refractivity contribution < 1.29 is 34.4 Å². The number of carboxylic acid groups (broad SMARTS) is 2. The quantitative estimate of drug-likeness (QED) is 0.641. The van der Waals surface area contributed by atoms with Crippen LogP contribution in [-0.2, 0) is 19.1 Å². The summed E-state index contributed by atoms with van der Waals surface area (Å²) < 4.78 is 6.59. The summed E-state index contributed by atoms with van der Waals surface area (Å²) in [5.74, 6) is -2.46. The molecule has 7 nitrogen and oxygen atoms in total. The van der Waals surface area contributed by atoms with Crippen LogP contribution in [0.4, 0.5) is 0 Å². The number of hydrogen-bond donors (Lipinski definition) is 3. The van der Waals surface area contributed by atoms with Gasteiger partial charge in [-0.15, -0.1) is 0 Å². The van der Waals surface area contributed by atoms with Crippen molar-refractivity contribution in [2.24, 2.45) is 34.5 Å². The van der Waals surface area contributed by atoms with Crippen molar-refractivity contribution in [3.05, 3.63) is 11.6 Å². The van der Waals surface area contributed by atoms with Crippen molar-refractivity contribution >= 4 is 17.7 Å². The summed E-state index contributed by atoms with van der Waals surface area (Å²) >= 11 is 0. The highest BCUT2D eigenvalue weighted by Gasteiger charge is 2.73. The second kappa shape index (κ2) is 6.16. The fourth-order valence-corrected chi connectivity index (χ4v) is 8.24. The summed E-state index contributed by atoms with van der Waals surface area (Å²) in [6.45, 7) is 4.11. The molecule has 5 rings (SSSR count). The molecule has 1 heterocycles. The van der Waals surface area contributed by atoms with Crippen LogP contribution in [-0.4, -0.2) is 50.9 Å². The molecule has 0 aromatic carbocycles. The number of hydrogen-bond acceptors (Lipinski definition) is 5. The number of carbonyl (C=O) groups excluding carboxylic acids is 1. The van der Waals surface area contributed by atoms with E-state index in [-0.39, 0.29) is 60.4 Å². The molecule has 0 radical (unpaired) electrons. The number of aliphatic hydroxyl groups is 1. The fourth-order valence-electron chi connectivity index (χ4n) is 8.24. The van der Waals surface area contributed by atoms with Crippen LogP contribution in [0.2, 0.25) is 0 Å². The molecule has 0 aromatic rings. The van der Waals surface area contributed by atoms with Crippen LogP contribution in [0.3, 0.4) is 0 Å². The van der Waals surface area contributed by atoms with E-state index in [1.54, 1.807) is 6.08 Å². The lowest BCUT2D eigenvalue weighted by Gasteiger charge is -2.68. The van der Waals surface area contributed by atoms with Crippen molar-refractivity contribution in [2.75, 3.05) is 0 Å². The van der Waals surface area contributed by atoms with E-state index in [0.717, 1.165) is 5.57 Å². The number of carbonyl (C=O) groups is 3. The summed E-state index contributed by atoms with van der Waals surface area (Å²) in [5.41, 5.74) is -1.36. The molecule has 9 atom stereocenters. The third kappa shape index (κ3) is 2.31. The van der Waals surface area contributed by atoms with E-state index in [1.807, 2.05) is 6.92 Å². The van der Waals surface area contributed by atoms with Gasteiger partial charge in [-0.05, 0) is 55.9 Å². The lowest BCUT2D eigenvalue weighted by molar-refractivity contribution is -0.282. The highest BCUT2D eigenvalue weighted by Crippen LogP contribution is 2.72. The van der Waals surface area contributed by atoms with Gasteiger partial charge in [0, 0.05) is 23.7 Å². The highest BCUT2D eigenvalue weighted by atomic mass is 16.5. The van der Waals surface area contributed by atoms with E-state index in [4.69, 9.17) is 4.74 Å². The molecule has 1 aliphatic heterocycles. The van der Waals surface area contributed by atoms with Crippen molar-refractivity contribution in [1.29, 1.82) is 0 Å². The number of fused-ring (bicyclic) bond motifs is 4. The Morgan fingerprint density at radius 3 is 2.57 bits per heavy atom. The first-order valence-electron chi connectivity index (χ1n) is 11.1. The Kier molecular flexibility index (Phi) is 4.15. The molecule has 0 aromatic heterocycles. The molecule has 0 amide bonds. The molecule has 0 spiro atoms. The van der Waals surface area contributed by atoms with Crippen molar-refractivity contribution in [1.82, 2.24) is 0 Å². The Hall–Kier alpha value is -1.73. The first kappa shape index (κ1) is 20.2. The summed E-state index contributed by atoms with van der Waals surface area (Å²) in [6, 6.07) is 0. The van der Waals surface area contributed by atoms with Gasteiger partial charge in [-0.2, -0.15) is 0 Å². The van der Waals surface area contributed by atoms with Crippen LogP contribution in [0.5, 0.6) is 0 Å². The average molecular weight is 418 g/mol. The SMILES string of the molecule is C[C@]12C3C[C@H]4[C@@H](C(C(=O)O)CC5=CC(=O)CC(O3)[C@@]54C)[C@@H]1CC[C@]2(O)CCC(=O)O. The number of ketones is 1. The third-order valence-electron chi connectivity index (χ3n) is 9.86. The second-order valence-corrected chi connectivity index (χ2v) is 10.7. The van der Waals surface area contributed by atoms with E-state index in [0.29, 0.717) is 25.7 Å². The summed E-state index contributed by atoms with van der Waals surface area (Å²) in [5, 5.41) is 31.0. The molecule has 4 fully saturated rings. The minimum absolute atomic E-state index is 0.0238. The number of ether oxygens (including phenoxy) is 1. The van der Waals surface area contributed by atoms with E-state index in [1.165, 1.54) is 0 Å². The summed E-state index contributed by atoms with van der Waals surface area (Å²) in [7, 11) is 0. The van der Waals surface area contributed by atoms with Crippen molar-refractivity contribution in [3.8, 4) is 0 Å². The lowest BCUT2D eigenvalue weighted by atomic mass is 9.41. The summed E-state index contributed by atoms with van der Waals surface area (Å²) in [4.78, 5) is 36.0. The maximum atomic E-state index is 12.4. The Morgan fingerprint density at radius 1 is 1.17 bits per heavy atom. The number of rotatable bonds is 4. The third-order valence-corrected chi connectivity index (χ3v) is 9.86. The van der Waals surface area contributed by atoms with Crippen molar-refractivity contribution in [2.45, 2.75) is 76.6 Å². The van der Waals surface area contributed by atoms with Gasteiger partial charge in [0.15, 0.2) is 5.78 Å². The largest absolute Gasteiger partial charge is 0.481 e. The molecule has 4 aliphatic carbocycles. The van der Waals surface area contributed by atoms with Gasteiger partial charge in [0.2, 0.25) is 0 Å². The lowest BCUT2D eigenvalue weighted by Crippen LogP contribution is -2.70. The van der Waals surface area contributed by atoms with E-state index in [9.17, 15) is 29.7 Å². The molecule has 164 valence electrons. The van der Waals surface area contributed by atoms with E-state index >= 15 is 0 Å². The topological polar surface area (TPSA) is 121 Å². The van der Waals surface area contributed by atoms with Gasteiger partial charge in [0.05, 0.1) is 23.7 Å². The first-order valence-corrected chi connectivity index (χ1v) is 11.1. The van der Waals surface area contributed by atoms with Gasteiger partial charge in [0.1, 0.15) is 0 Å². The zero-order chi connectivity index (χ0) is 21.6. The van der Waals surface area contributed by atoms with Crippen LogP contribution in [0.25, 0.3) is 0 Å². The smallest absolute Gasteiger partial charge is 0.307 e. The first-order chi connectivity index (χ1) is 14.0. The minimum Gasteiger partial charge on any atom is -0.481 e. The number of aliphatic carboxylic acids is 2. The van der Waals surface area contributed by atoms with Gasteiger partial charge in [-0.25, -0.2) is 0 Å². The molecule has 1 saturated heterocycles. The Labute approximate surface area is 175 Å². The van der Waals surface area contributed by atoms with Crippen LogP contribution in [0.1, 0.15) is 58.8 Å². The van der Waals surface area contributed by atoms with Crippen LogP contribution in [0, 0.1) is 34.5 Å². The maximum absolute atomic E-state index is 12.4. The molecule has 7 heteroatoms. The molecular weight excluding hydrogens is 388 g/mol. The van der Waals surface area contributed by atoms with Crippen LogP contribution >= 0.6 is 0 Å². The molecule has 2 bridgehead atoms. The van der Waals surface area contributed by atoms with Crippen molar-refractivity contribution in [3.63, 3.8) is 0 Å². The average Bonchev–Trinajstić information content (AvgIpc) is 2.93. The normalized spacial score (nSPS) is 51.2. The van der Waals surface area contributed by atoms with Gasteiger partial charge in [-0.3, -0.25) is 14.4 Å². The van der Waals surface area contributed by atoms with Gasteiger partial charge in [0.25, 0.3) is 0 Å². The molecular formula is C23H30O7. The standard InChI is InChI=1S/C23H30O7/c1-21-11-7-12(24)9-16(21)30-17-10-15(21)19(13(8-11)20(27)28)14-3-5-23(29,22(14,17)2)6-4-18(25)26/h7,13-17,19,29H,3-6,8-10H2,1-2H3,(H,25,26)(H,27,28)/t13?,14-,15-,16?,17?,19-,21-,22+,23-/m0/s1. The fraction of sp³-hybridized carbons (Fsp3) is 0.783. The molecule has 30 heavy (non-hydrogen) atoms. The molecule has 5 aliphatic rings. The highest BCUT2D eigenvalue weighted by molar-refractivity contribution is 5.92. The number of carboxylic acids is 2. The zero-order valence-corrected chi connectivity index (χ0v) is 17.5. The maximum Gasteiger partial charge on any atom is 0.307 e. The summed E-state index contributed by atoms with van der Waals surface area (Å²) in [6.07, 6.45) is 3.47. The predicted octanol–water partition coefficient (Wildman–Crippen LogP) is 2.41. The van der Waals surface area contributed by atoms with Gasteiger partial charge < -0.3 is 20.1 Å². The van der Waals surface area contributed by atoms with Crippen LogP contribution < -0.4 is 0 Å². The monoisotopic (exact) mass is 418 g/mol. The van der Waals surface area contributed by atoms with E-state index < -0.39 is 28.9 Å². The Bertz CT molecular complexity index is 864. The van der Waals surface area contributed by atoms with Gasteiger partial charge >= 0.3 is 11.9 Å². The minimum atomic E-state index is -1.21. The molecule has 3 unspecified atom stereocenters. The van der Waals surface area contributed by atoms with E-state index in [2.05, 4.69) is 6.92 Å². The Morgan fingerprint density at radius 2 is 1.90 bits per heavy atom. The van der Waals surface area contributed by atoms with Gasteiger partial charge in [-0.1, -0.05) is 19.4 Å². The van der Waals surface area contributed by atoms with Crippen LogP contribution in [0.15, 0.2) is 11.6 Å². The second-order valence-electron chi connectivity index (χ2n) is 10.7.